The molecule has 0 radical (unpaired) electrons. The Labute approximate surface area is 154 Å². The van der Waals surface area contributed by atoms with E-state index in [0.29, 0.717) is 6.04 Å². The second kappa shape index (κ2) is 6.12. The molecule has 5 heterocycles. The monoisotopic (exact) mass is 369 g/mol. The molecule has 1 amide bonds. The maximum absolute atomic E-state index is 13.1. The van der Waals surface area contributed by atoms with Gasteiger partial charge in [-0.05, 0) is 35.0 Å². The number of hydrogen-bond acceptors (Lipinski definition) is 4. The lowest BCUT2D eigenvalue weighted by atomic mass is 10.1. The number of likely N-dealkylation sites (tertiary alicyclic amines) is 1. The summed E-state index contributed by atoms with van der Waals surface area (Å²) in [5.74, 6) is 0.164. The molecule has 3 aromatic rings. The van der Waals surface area contributed by atoms with E-state index >= 15 is 0 Å². The first-order valence-electron chi connectivity index (χ1n) is 8.54. The van der Waals surface area contributed by atoms with Gasteiger partial charge in [0.15, 0.2) is 0 Å². The summed E-state index contributed by atoms with van der Waals surface area (Å²) in [5, 5.41) is 4.22. The maximum atomic E-state index is 13.1. The predicted molar refractivity (Wildman–Crippen MR) is 101 cm³/mol. The van der Waals surface area contributed by atoms with E-state index in [1.807, 2.05) is 23.5 Å². The third-order valence-electron chi connectivity index (χ3n) is 5.22. The maximum Gasteiger partial charge on any atom is 0.271 e. The standard InChI is InChI=1S/C19H19N3OS2/c23-19-16-6-1-7-21(16)17-12-20(10-14-4-2-8-24-14)13-18(17)22(19)11-15-5-3-9-25-15/h1-9,17-18H,10-13H2/t17-,18+/m0/s1. The lowest BCUT2D eigenvalue weighted by molar-refractivity contribution is 0.0559. The number of thiophene rings is 2. The second-order valence-corrected chi connectivity index (χ2v) is 8.79. The van der Waals surface area contributed by atoms with Crippen molar-refractivity contribution < 1.29 is 4.79 Å². The van der Waals surface area contributed by atoms with Crippen molar-refractivity contribution in [2.75, 3.05) is 13.1 Å². The lowest BCUT2D eigenvalue weighted by Crippen LogP contribution is -2.49. The van der Waals surface area contributed by atoms with Gasteiger partial charge >= 0.3 is 0 Å². The molecular weight excluding hydrogens is 350 g/mol. The van der Waals surface area contributed by atoms with Crippen LogP contribution in [0.15, 0.2) is 53.4 Å². The number of carbonyl (C=O) groups is 1. The zero-order chi connectivity index (χ0) is 16.8. The first kappa shape index (κ1) is 15.4. The number of amides is 1. The van der Waals surface area contributed by atoms with Crippen molar-refractivity contribution in [1.29, 1.82) is 0 Å². The molecule has 5 rings (SSSR count). The number of fused-ring (bicyclic) bond motifs is 3. The number of aromatic nitrogens is 1. The molecule has 2 atom stereocenters. The number of rotatable bonds is 4. The van der Waals surface area contributed by atoms with Crippen molar-refractivity contribution in [3.8, 4) is 0 Å². The van der Waals surface area contributed by atoms with Crippen molar-refractivity contribution in [1.82, 2.24) is 14.4 Å². The second-order valence-electron chi connectivity index (χ2n) is 6.72. The van der Waals surface area contributed by atoms with Gasteiger partial charge in [-0.15, -0.1) is 22.7 Å². The highest BCUT2D eigenvalue weighted by Crippen LogP contribution is 2.35. The molecular formula is C19H19N3OS2. The van der Waals surface area contributed by atoms with E-state index in [-0.39, 0.29) is 11.9 Å². The highest BCUT2D eigenvalue weighted by atomic mass is 32.1. The van der Waals surface area contributed by atoms with E-state index in [2.05, 4.69) is 55.6 Å². The molecule has 0 saturated carbocycles. The highest BCUT2D eigenvalue weighted by molar-refractivity contribution is 7.10. The summed E-state index contributed by atoms with van der Waals surface area (Å²) in [7, 11) is 0. The summed E-state index contributed by atoms with van der Waals surface area (Å²) in [6.45, 7) is 3.63. The largest absolute Gasteiger partial charge is 0.337 e. The Kier molecular flexibility index (Phi) is 3.77. The Bertz CT molecular complexity index is 869. The van der Waals surface area contributed by atoms with E-state index in [1.165, 1.54) is 9.75 Å². The van der Waals surface area contributed by atoms with Crippen molar-refractivity contribution in [2.45, 2.75) is 25.2 Å². The Morgan fingerprint density at radius 2 is 1.64 bits per heavy atom. The van der Waals surface area contributed by atoms with Gasteiger partial charge in [-0.3, -0.25) is 9.69 Å². The van der Waals surface area contributed by atoms with Crippen molar-refractivity contribution in [3.63, 3.8) is 0 Å². The average Bonchev–Trinajstić information content (AvgIpc) is 3.36. The average molecular weight is 370 g/mol. The van der Waals surface area contributed by atoms with Gasteiger partial charge < -0.3 is 9.47 Å². The third-order valence-corrected chi connectivity index (χ3v) is 6.94. The minimum atomic E-state index is 0.164. The Hall–Kier alpha value is -1.89. The fourth-order valence-corrected chi connectivity index (χ4v) is 5.55. The van der Waals surface area contributed by atoms with Crippen LogP contribution in [0.3, 0.4) is 0 Å². The van der Waals surface area contributed by atoms with E-state index in [9.17, 15) is 4.79 Å². The van der Waals surface area contributed by atoms with Crippen LogP contribution < -0.4 is 0 Å². The van der Waals surface area contributed by atoms with Crippen LogP contribution in [0.2, 0.25) is 0 Å². The van der Waals surface area contributed by atoms with E-state index in [0.717, 1.165) is 31.9 Å². The Morgan fingerprint density at radius 3 is 2.36 bits per heavy atom. The molecule has 128 valence electrons. The first-order chi connectivity index (χ1) is 12.3. The minimum absolute atomic E-state index is 0.164. The van der Waals surface area contributed by atoms with Gasteiger partial charge in [-0.25, -0.2) is 0 Å². The van der Waals surface area contributed by atoms with Gasteiger partial charge in [-0.1, -0.05) is 12.1 Å². The molecule has 0 aromatic carbocycles. The van der Waals surface area contributed by atoms with E-state index < -0.39 is 0 Å². The quantitative estimate of drug-likeness (QED) is 0.702. The molecule has 0 N–H and O–H groups in total. The minimum Gasteiger partial charge on any atom is -0.337 e. The fourth-order valence-electron chi connectivity index (χ4n) is 4.10. The summed E-state index contributed by atoms with van der Waals surface area (Å²) in [6.07, 6.45) is 2.07. The van der Waals surface area contributed by atoms with Gasteiger partial charge in [0.05, 0.1) is 18.6 Å². The molecule has 3 aromatic heterocycles. The summed E-state index contributed by atoms with van der Waals surface area (Å²) in [5.41, 5.74) is 0.829. The smallest absolute Gasteiger partial charge is 0.271 e. The summed E-state index contributed by atoms with van der Waals surface area (Å²) in [6, 6.07) is 13.0. The predicted octanol–water partition coefficient (Wildman–Crippen LogP) is 3.69. The van der Waals surface area contributed by atoms with Gasteiger partial charge in [0.2, 0.25) is 0 Å². The van der Waals surface area contributed by atoms with Gasteiger partial charge in [0, 0.05) is 35.6 Å². The molecule has 0 aliphatic carbocycles. The van der Waals surface area contributed by atoms with Crippen LogP contribution in [-0.4, -0.2) is 39.4 Å². The molecule has 6 heteroatoms. The highest BCUT2D eigenvalue weighted by Gasteiger charge is 2.44. The van der Waals surface area contributed by atoms with Crippen LogP contribution in [0.5, 0.6) is 0 Å². The Balaban J connectivity index is 1.45. The number of nitrogens with zero attached hydrogens (tertiary/aromatic N) is 3. The summed E-state index contributed by atoms with van der Waals surface area (Å²) >= 11 is 3.54. The topological polar surface area (TPSA) is 28.5 Å². The first-order valence-corrected chi connectivity index (χ1v) is 10.3. The molecule has 2 aliphatic rings. The van der Waals surface area contributed by atoms with Crippen LogP contribution in [0, 0.1) is 0 Å². The zero-order valence-electron chi connectivity index (χ0n) is 13.7. The van der Waals surface area contributed by atoms with Gasteiger partial charge in [-0.2, -0.15) is 0 Å². The lowest BCUT2D eigenvalue weighted by Gasteiger charge is -2.38. The Morgan fingerprint density at radius 1 is 0.920 bits per heavy atom. The van der Waals surface area contributed by atoms with E-state index in [4.69, 9.17) is 0 Å². The van der Waals surface area contributed by atoms with Crippen LogP contribution in [0.4, 0.5) is 0 Å². The summed E-state index contributed by atoms with van der Waals surface area (Å²) < 4.78 is 2.20. The number of carbonyl (C=O) groups excluding carboxylic acids is 1. The fraction of sp³-hybridized carbons (Fsp3) is 0.316. The molecule has 1 fully saturated rings. The molecule has 0 spiro atoms. The molecule has 1 saturated heterocycles. The normalized spacial score (nSPS) is 23.0. The van der Waals surface area contributed by atoms with Crippen LogP contribution in [0.1, 0.15) is 26.3 Å². The molecule has 0 unspecified atom stereocenters. The number of hydrogen-bond donors (Lipinski definition) is 0. The summed E-state index contributed by atoms with van der Waals surface area (Å²) in [4.78, 5) is 20.3. The van der Waals surface area contributed by atoms with Gasteiger partial charge in [0.25, 0.3) is 5.91 Å². The van der Waals surface area contributed by atoms with Crippen LogP contribution in [0.25, 0.3) is 0 Å². The van der Waals surface area contributed by atoms with Crippen LogP contribution in [-0.2, 0) is 13.1 Å². The van der Waals surface area contributed by atoms with Crippen LogP contribution >= 0.6 is 22.7 Å². The zero-order valence-corrected chi connectivity index (χ0v) is 15.4. The van der Waals surface area contributed by atoms with Crippen molar-refractivity contribution >= 4 is 28.6 Å². The van der Waals surface area contributed by atoms with Crippen molar-refractivity contribution in [3.05, 3.63) is 68.8 Å². The molecule has 2 aliphatic heterocycles. The molecule has 0 bridgehead atoms. The SMILES string of the molecule is O=C1c2cccn2[C@H]2CN(Cc3cccs3)C[C@H]2N1Cc1cccs1. The molecule has 4 nitrogen and oxygen atoms in total. The van der Waals surface area contributed by atoms with Gasteiger partial charge in [0.1, 0.15) is 5.69 Å². The molecule has 25 heavy (non-hydrogen) atoms. The van der Waals surface area contributed by atoms with Crippen molar-refractivity contribution in [2.24, 2.45) is 0 Å². The van der Waals surface area contributed by atoms with E-state index in [1.54, 1.807) is 11.3 Å². The third kappa shape index (κ3) is 2.65.